The molecule has 1 saturated carbocycles. The number of aromatic nitrogens is 2. The zero-order valence-electron chi connectivity index (χ0n) is 11.2. The molecule has 5 nitrogen and oxygen atoms in total. The maximum atomic E-state index is 10.9. The number of hydrogen-bond acceptors (Lipinski definition) is 4. The molecule has 0 bridgehead atoms. The second kappa shape index (κ2) is 5.07. The van der Waals surface area contributed by atoms with E-state index in [1.807, 2.05) is 24.3 Å². The van der Waals surface area contributed by atoms with Gasteiger partial charge in [0.05, 0.1) is 11.9 Å². The Balaban J connectivity index is 1.71. The largest absolute Gasteiger partial charge is 0.481 e. The number of benzene rings is 1. The van der Waals surface area contributed by atoms with Crippen LogP contribution in [0.5, 0.6) is 0 Å². The van der Waals surface area contributed by atoms with E-state index < -0.39 is 5.97 Å². The van der Waals surface area contributed by atoms with Gasteiger partial charge in [-0.25, -0.2) is 9.97 Å². The molecule has 2 N–H and O–H groups in total. The molecule has 0 aliphatic heterocycles. The van der Waals surface area contributed by atoms with E-state index in [2.05, 4.69) is 15.3 Å². The van der Waals surface area contributed by atoms with Gasteiger partial charge in [0.15, 0.2) is 0 Å². The van der Waals surface area contributed by atoms with E-state index in [4.69, 9.17) is 5.11 Å². The van der Waals surface area contributed by atoms with Gasteiger partial charge in [0.25, 0.3) is 0 Å². The normalized spacial score (nSPS) is 16.6. The highest BCUT2D eigenvalue weighted by Gasteiger charge is 2.38. The lowest BCUT2D eigenvalue weighted by Crippen LogP contribution is -2.38. The number of anilines is 1. The van der Waals surface area contributed by atoms with Crippen molar-refractivity contribution in [2.24, 2.45) is 5.41 Å². The molecule has 3 rings (SSSR count). The molecule has 1 aromatic heterocycles. The number of carboxylic acids is 1. The summed E-state index contributed by atoms with van der Waals surface area (Å²) in [5.74, 6) is -0.161. The monoisotopic (exact) mass is 271 g/mol. The molecule has 2 aromatic rings. The van der Waals surface area contributed by atoms with Crippen LogP contribution >= 0.6 is 0 Å². The van der Waals surface area contributed by atoms with Gasteiger partial charge >= 0.3 is 5.97 Å². The van der Waals surface area contributed by atoms with Crippen molar-refractivity contribution in [3.8, 4) is 0 Å². The van der Waals surface area contributed by atoms with Crippen molar-refractivity contribution < 1.29 is 9.90 Å². The van der Waals surface area contributed by atoms with E-state index >= 15 is 0 Å². The summed E-state index contributed by atoms with van der Waals surface area (Å²) < 4.78 is 0. The van der Waals surface area contributed by atoms with Gasteiger partial charge in [-0.05, 0) is 24.3 Å². The molecule has 1 heterocycles. The molecule has 5 heteroatoms. The number of hydrogen-bond donors (Lipinski definition) is 2. The third kappa shape index (κ3) is 2.57. The van der Waals surface area contributed by atoms with Gasteiger partial charge in [-0.3, -0.25) is 4.79 Å². The highest BCUT2D eigenvalue weighted by molar-refractivity contribution is 5.78. The Morgan fingerprint density at radius 1 is 1.35 bits per heavy atom. The molecule has 1 aliphatic carbocycles. The summed E-state index contributed by atoms with van der Waals surface area (Å²) in [4.78, 5) is 19.7. The van der Waals surface area contributed by atoms with Crippen LogP contribution in [-0.4, -0.2) is 27.6 Å². The molecular weight excluding hydrogens is 254 g/mol. The first kappa shape index (κ1) is 12.8. The Labute approximate surface area is 117 Å². The zero-order chi connectivity index (χ0) is 14.0. The molecule has 0 spiro atoms. The van der Waals surface area contributed by atoms with Crippen LogP contribution in [0.4, 0.5) is 5.95 Å². The third-order valence-electron chi connectivity index (χ3n) is 4.05. The van der Waals surface area contributed by atoms with Gasteiger partial charge in [-0.15, -0.1) is 0 Å². The van der Waals surface area contributed by atoms with E-state index in [9.17, 15) is 4.79 Å². The molecular formula is C15H17N3O2. The maximum absolute atomic E-state index is 10.9. The summed E-state index contributed by atoms with van der Waals surface area (Å²) in [6.07, 6.45) is 5.02. The van der Waals surface area contributed by atoms with Crippen LogP contribution in [0, 0.1) is 5.41 Å². The van der Waals surface area contributed by atoms with Gasteiger partial charge < -0.3 is 10.4 Å². The Morgan fingerprint density at radius 3 is 2.85 bits per heavy atom. The summed E-state index contributed by atoms with van der Waals surface area (Å²) in [6, 6.07) is 7.81. The molecule has 0 atom stereocenters. The van der Waals surface area contributed by atoms with Crippen LogP contribution in [0.3, 0.4) is 0 Å². The predicted octanol–water partition coefficient (Wildman–Crippen LogP) is 2.69. The van der Waals surface area contributed by atoms with Crippen molar-refractivity contribution in [3.63, 3.8) is 0 Å². The lowest BCUT2D eigenvalue weighted by atomic mass is 9.66. The van der Waals surface area contributed by atoms with Crippen molar-refractivity contribution in [1.82, 2.24) is 9.97 Å². The molecule has 0 radical (unpaired) electrons. The fourth-order valence-electron chi connectivity index (χ4n) is 2.74. The molecule has 0 amide bonds. The Kier molecular flexibility index (Phi) is 3.26. The smallest absolute Gasteiger partial charge is 0.303 e. The maximum Gasteiger partial charge on any atom is 0.303 e. The van der Waals surface area contributed by atoms with Crippen LogP contribution in [0.25, 0.3) is 10.9 Å². The second-order valence-corrected chi connectivity index (χ2v) is 5.53. The first-order valence-electron chi connectivity index (χ1n) is 6.84. The van der Waals surface area contributed by atoms with Crippen molar-refractivity contribution in [2.45, 2.75) is 25.7 Å². The summed E-state index contributed by atoms with van der Waals surface area (Å²) >= 11 is 0. The lowest BCUT2D eigenvalue weighted by molar-refractivity contribution is -0.141. The van der Waals surface area contributed by atoms with Crippen LogP contribution in [-0.2, 0) is 4.79 Å². The number of fused-ring (bicyclic) bond motifs is 1. The number of carboxylic acid groups (broad SMARTS) is 1. The number of aliphatic carboxylic acids is 1. The minimum atomic E-state index is -0.731. The summed E-state index contributed by atoms with van der Waals surface area (Å²) in [5.41, 5.74) is 0.770. The van der Waals surface area contributed by atoms with Crippen molar-refractivity contribution in [2.75, 3.05) is 11.9 Å². The summed E-state index contributed by atoms with van der Waals surface area (Å²) in [6.45, 7) is 0.623. The van der Waals surface area contributed by atoms with Crippen LogP contribution in [0.2, 0.25) is 0 Å². The summed E-state index contributed by atoms with van der Waals surface area (Å²) in [7, 11) is 0. The van der Waals surface area contributed by atoms with E-state index in [1.54, 1.807) is 6.20 Å². The minimum Gasteiger partial charge on any atom is -0.481 e. The fourth-order valence-corrected chi connectivity index (χ4v) is 2.74. The third-order valence-corrected chi connectivity index (χ3v) is 4.05. The van der Waals surface area contributed by atoms with Gasteiger partial charge in [-0.1, -0.05) is 24.6 Å². The SMILES string of the molecule is O=C(O)CC1(CNc2ncc3ccccc3n2)CCC1. The number of rotatable bonds is 5. The predicted molar refractivity (Wildman–Crippen MR) is 76.6 cm³/mol. The van der Waals surface area contributed by atoms with Crippen molar-refractivity contribution in [1.29, 1.82) is 0 Å². The minimum absolute atomic E-state index is 0.124. The average Bonchev–Trinajstić information content (AvgIpc) is 2.41. The van der Waals surface area contributed by atoms with E-state index in [0.29, 0.717) is 12.5 Å². The fraction of sp³-hybridized carbons (Fsp3) is 0.400. The number of para-hydroxylation sites is 1. The number of carbonyl (C=O) groups is 1. The molecule has 20 heavy (non-hydrogen) atoms. The number of nitrogens with zero attached hydrogens (tertiary/aromatic N) is 2. The zero-order valence-corrected chi connectivity index (χ0v) is 11.2. The molecule has 1 fully saturated rings. The van der Waals surface area contributed by atoms with E-state index in [0.717, 1.165) is 30.2 Å². The second-order valence-electron chi connectivity index (χ2n) is 5.53. The van der Waals surface area contributed by atoms with Gasteiger partial charge in [0.2, 0.25) is 5.95 Å². The van der Waals surface area contributed by atoms with E-state index in [1.165, 1.54) is 0 Å². The molecule has 1 aromatic carbocycles. The molecule has 104 valence electrons. The van der Waals surface area contributed by atoms with Gasteiger partial charge in [-0.2, -0.15) is 0 Å². The van der Waals surface area contributed by atoms with Crippen LogP contribution < -0.4 is 5.32 Å². The van der Waals surface area contributed by atoms with E-state index in [-0.39, 0.29) is 11.8 Å². The van der Waals surface area contributed by atoms with Gasteiger partial charge in [0, 0.05) is 18.1 Å². The van der Waals surface area contributed by atoms with Crippen LogP contribution in [0.15, 0.2) is 30.5 Å². The number of nitrogens with one attached hydrogen (secondary N) is 1. The highest BCUT2D eigenvalue weighted by atomic mass is 16.4. The molecule has 0 saturated heterocycles. The lowest BCUT2D eigenvalue weighted by Gasteiger charge is -2.40. The first-order valence-corrected chi connectivity index (χ1v) is 6.84. The first-order chi connectivity index (χ1) is 9.67. The Bertz CT molecular complexity index is 638. The van der Waals surface area contributed by atoms with Gasteiger partial charge in [0.1, 0.15) is 0 Å². The standard InChI is InChI=1S/C15H17N3O2/c19-13(20)8-15(6-3-7-15)10-17-14-16-9-11-4-1-2-5-12(11)18-14/h1-2,4-5,9H,3,6-8,10H2,(H,19,20)(H,16,17,18). The Morgan fingerprint density at radius 2 is 2.15 bits per heavy atom. The van der Waals surface area contributed by atoms with Crippen LogP contribution in [0.1, 0.15) is 25.7 Å². The average molecular weight is 271 g/mol. The summed E-state index contributed by atoms with van der Waals surface area (Å²) in [5, 5.41) is 13.2. The molecule has 0 unspecified atom stereocenters. The van der Waals surface area contributed by atoms with Crippen molar-refractivity contribution >= 4 is 22.8 Å². The highest BCUT2D eigenvalue weighted by Crippen LogP contribution is 2.43. The quantitative estimate of drug-likeness (QED) is 0.874. The Hall–Kier alpha value is -2.17. The van der Waals surface area contributed by atoms with Crippen molar-refractivity contribution in [3.05, 3.63) is 30.5 Å². The topological polar surface area (TPSA) is 75.1 Å². The molecule has 1 aliphatic rings.